The predicted molar refractivity (Wildman–Crippen MR) is 101 cm³/mol. The van der Waals surface area contributed by atoms with Gasteiger partial charge < -0.3 is 10.2 Å². The molecule has 0 aliphatic heterocycles. The van der Waals surface area contributed by atoms with E-state index >= 15 is 0 Å². The zero-order valence-electron chi connectivity index (χ0n) is 13.7. The Kier molecular flexibility index (Phi) is 5.29. The Hall–Kier alpha value is -1.87. The van der Waals surface area contributed by atoms with Crippen molar-refractivity contribution in [3.8, 4) is 0 Å². The molecule has 2 aromatic carbocycles. The van der Waals surface area contributed by atoms with Crippen molar-refractivity contribution < 1.29 is 0 Å². The van der Waals surface area contributed by atoms with Crippen LogP contribution in [0.4, 0.5) is 0 Å². The fourth-order valence-electron chi connectivity index (χ4n) is 3.36. The largest absolute Gasteiger partial charge is 0.362 e. The maximum absolute atomic E-state index is 5.62. The van der Waals surface area contributed by atoms with E-state index in [9.17, 15) is 0 Å². The Morgan fingerprint density at radius 1 is 1.13 bits per heavy atom. The van der Waals surface area contributed by atoms with Crippen LogP contribution >= 0.6 is 12.2 Å². The molecule has 0 aromatic heterocycles. The fourth-order valence-corrected chi connectivity index (χ4v) is 3.58. The highest BCUT2D eigenvalue weighted by molar-refractivity contribution is 7.80. The van der Waals surface area contributed by atoms with Crippen molar-refractivity contribution in [2.45, 2.75) is 31.7 Å². The molecule has 120 valence electrons. The van der Waals surface area contributed by atoms with Crippen LogP contribution in [0.25, 0.3) is 0 Å². The number of thiocarbonyl (C=S) groups is 1. The molecule has 2 nitrogen and oxygen atoms in total. The van der Waals surface area contributed by atoms with Gasteiger partial charge in [0.05, 0.1) is 6.04 Å². The Morgan fingerprint density at radius 2 is 1.87 bits per heavy atom. The molecule has 0 spiro atoms. The Morgan fingerprint density at radius 3 is 2.70 bits per heavy atom. The van der Waals surface area contributed by atoms with E-state index in [4.69, 9.17) is 12.2 Å². The summed E-state index contributed by atoms with van der Waals surface area (Å²) in [7, 11) is 2.12. The number of rotatable bonds is 4. The summed E-state index contributed by atoms with van der Waals surface area (Å²) in [6.45, 7) is 0.877. The first-order valence-corrected chi connectivity index (χ1v) is 8.79. The SMILES string of the molecule is CN(C(=S)NCCc1ccccc1)[C@H]1CCCc2ccccc21. The topological polar surface area (TPSA) is 15.3 Å². The zero-order valence-corrected chi connectivity index (χ0v) is 14.5. The van der Waals surface area contributed by atoms with Gasteiger partial charge in [0.15, 0.2) is 5.11 Å². The first kappa shape index (κ1) is 16.0. The first-order valence-electron chi connectivity index (χ1n) is 8.38. The van der Waals surface area contributed by atoms with Crippen LogP contribution in [0, 0.1) is 0 Å². The van der Waals surface area contributed by atoms with E-state index in [1.165, 1.54) is 36.0 Å². The standard InChI is InChI=1S/C20H24N2S/c1-22(19-13-7-11-17-10-5-6-12-18(17)19)20(23)21-15-14-16-8-3-2-4-9-16/h2-6,8-10,12,19H,7,11,13-15H2,1H3,(H,21,23)/t19-/m0/s1. The number of benzene rings is 2. The average Bonchev–Trinajstić information content (AvgIpc) is 2.61. The first-order chi connectivity index (χ1) is 11.3. The molecule has 0 heterocycles. The minimum absolute atomic E-state index is 0.400. The lowest BCUT2D eigenvalue weighted by Crippen LogP contribution is -2.41. The van der Waals surface area contributed by atoms with Crippen LogP contribution in [0.3, 0.4) is 0 Å². The Bertz CT molecular complexity index is 654. The van der Waals surface area contributed by atoms with Crippen molar-refractivity contribution in [1.82, 2.24) is 10.2 Å². The number of fused-ring (bicyclic) bond motifs is 1. The number of nitrogens with one attached hydrogen (secondary N) is 1. The van der Waals surface area contributed by atoms with Gasteiger partial charge in [-0.05, 0) is 54.6 Å². The molecule has 1 aliphatic rings. The van der Waals surface area contributed by atoms with Gasteiger partial charge >= 0.3 is 0 Å². The van der Waals surface area contributed by atoms with Crippen LogP contribution in [0.5, 0.6) is 0 Å². The Balaban J connectivity index is 1.58. The van der Waals surface area contributed by atoms with Crippen LogP contribution in [-0.4, -0.2) is 23.6 Å². The molecule has 0 amide bonds. The third-order valence-electron chi connectivity index (χ3n) is 4.66. The van der Waals surface area contributed by atoms with Crippen LogP contribution in [-0.2, 0) is 12.8 Å². The normalized spacial score (nSPS) is 16.5. The molecule has 0 saturated heterocycles. The van der Waals surface area contributed by atoms with Crippen molar-refractivity contribution >= 4 is 17.3 Å². The van der Waals surface area contributed by atoms with Crippen molar-refractivity contribution in [2.75, 3.05) is 13.6 Å². The molecular formula is C20H24N2S. The predicted octanol–water partition coefficient (Wildman–Crippen LogP) is 4.11. The highest BCUT2D eigenvalue weighted by atomic mass is 32.1. The zero-order chi connectivity index (χ0) is 16.1. The molecule has 2 aromatic rings. The van der Waals surface area contributed by atoms with Gasteiger partial charge in [0.1, 0.15) is 0 Å². The maximum atomic E-state index is 5.62. The van der Waals surface area contributed by atoms with E-state index in [0.717, 1.165) is 18.1 Å². The number of nitrogens with zero attached hydrogens (tertiary/aromatic N) is 1. The third-order valence-corrected chi connectivity index (χ3v) is 5.09. The second-order valence-corrected chi connectivity index (χ2v) is 6.57. The van der Waals surface area contributed by atoms with Gasteiger partial charge in [0.25, 0.3) is 0 Å². The van der Waals surface area contributed by atoms with Gasteiger partial charge in [0, 0.05) is 13.6 Å². The second kappa shape index (κ2) is 7.60. The molecule has 0 unspecified atom stereocenters. The van der Waals surface area contributed by atoms with Gasteiger partial charge in [-0.15, -0.1) is 0 Å². The maximum Gasteiger partial charge on any atom is 0.169 e. The van der Waals surface area contributed by atoms with E-state index in [1.54, 1.807) is 0 Å². The van der Waals surface area contributed by atoms with Crippen LogP contribution < -0.4 is 5.32 Å². The summed E-state index contributed by atoms with van der Waals surface area (Å²) in [6.07, 6.45) is 4.59. The van der Waals surface area contributed by atoms with E-state index in [1.807, 2.05) is 0 Å². The molecule has 1 N–H and O–H groups in total. The lowest BCUT2D eigenvalue weighted by atomic mass is 9.87. The summed E-state index contributed by atoms with van der Waals surface area (Å²) < 4.78 is 0. The summed E-state index contributed by atoms with van der Waals surface area (Å²) in [4.78, 5) is 2.23. The molecule has 0 fully saturated rings. The highest BCUT2D eigenvalue weighted by Crippen LogP contribution is 2.33. The molecule has 23 heavy (non-hydrogen) atoms. The fraction of sp³-hybridized carbons (Fsp3) is 0.350. The molecule has 1 atom stereocenters. The summed E-state index contributed by atoms with van der Waals surface area (Å²) in [6, 6.07) is 19.7. The highest BCUT2D eigenvalue weighted by Gasteiger charge is 2.24. The van der Waals surface area contributed by atoms with Crippen molar-refractivity contribution in [2.24, 2.45) is 0 Å². The van der Waals surface area contributed by atoms with Gasteiger partial charge in [-0.2, -0.15) is 0 Å². The second-order valence-electron chi connectivity index (χ2n) is 6.19. The summed E-state index contributed by atoms with van der Waals surface area (Å²) >= 11 is 5.62. The smallest absolute Gasteiger partial charge is 0.169 e. The van der Waals surface area contributed by atoms with Gasteiger partial charge in [0.2, 0.25) is 0 Å². The van der Waals surface area contributed by atoms with E-state index in [-0.39, 0.29) is 0 Å². The van der Waals surface area contributed by atoms with Gasteiger partial charge in [-0.1, -0.05) is 54.6 Å². The monoisotopic (exact) mass is 324 g/mol. The summed E-state index contributed by atoms with van der Waals surface area (Å²) in [5.74, 6) is 0. The molecule has 0 saturated carbocycles. The molecule has 0 radical (unpaired) electrons. The number of hydrogen-bond donors (Lipinski definition) is 1. The lowest BCUT2D eigenvalue weighted by Gasteiger charge is -2.35. The molecule has 3 heteroatoms. The summed E-state index contributed by atoms with van der Waals surface area (Å²) in [5.41, 5.74) is 4.25. The van der Waals surface area contributed by atoms with Gasteiger partial charge in [-0.3, -0.25) is 0 Å². The van der Waals surface area contributed by atoms with Crippen molar-refractivity contribution in [3.05, 3.63) is 71.3 Å². The Labute approximate surface area is 144 Å². The molecule has 3 rings (SSSR count). The average molecular weight is 324 g/mol. The van der Waals surface area contributed by atoms with Crippen LogP contribution in [0.1, 0.15) is 35.6 Å². The lowest BCUT2D eigenvalue weighted by molar-refractivity contribution is 0.328. The third kappa shape index (κ3) is 3.91. The van der Waals surface area contributed by atoms with E-state index in [2.05, 4.69) is 71.9 Å². The quantitative estimate of drug-likeness (QED) is 0.852. The van der Waals surface area contributed by atoms with Crippen LogP contribution in [0.2, 0.25) is 0 Å². The summed E-state index contributed by atoms with van der Waals surface area (Å²) in [5, 5.41) is 4.27. The van der Waals surface area contributed by atoms with Gasteiger partial charge in [-0.25, -0.2) is 0 Å². The van der Waals surface area contributed by atoms with E-state index < -0.39 is 0 Å². The molecular weight excluding hydrogens is 300 g/mol. The number of aryl methyl sites for hydroxylation is 1. The molecule has 1 aliphatic carbocycles. The minimum Gasteiger partial charge on any atom is -0.362 e. The van der Waals surface area contributed by atoms with Crippen LogP contribution in [0.15, 0.2) is 54.6 Å². The van der Waals surface area contributed by atoms with E-state index in [0.29, 0.717) is 6.04 Å². The minimum atomic E-state index is 0.400. The van der Waals surface area contributed by atoms with Crippen molar-refractivity contribution in [1.29, 1.82) is 0 Å². The molecule has 0 bridgehead atoms. The number of hydrogen-bond acceptors (Lipinski definition) is 1. The van der Waals surface area contributed by atoms with Crippen molar-refractivity contribution in [3.63, 3.8) is 0 Å².